The van der Waals surface area contributed by atoms with Crippen molar-refractivity contribution in [3.8, 4) is 0 Å². The van der Waals surface area contributed by atoms with Gasteiger partial charge in [-0.2, -0.15) is 40.5 Å². The van der Waals surface area contributed by atoms with Crippen LogP contribution in [0.25, 0.3) is 0 Å². The second-order valence-electron chi connectivity index (χ2n) is 0. The third-order valence-corrected chi connectivity index (χ3v) is 0. The molecule has 0 aromatic carbocycles. The number of hydrogen-bond acceptors (Lipinski definition) is 0. The van der Waals surface area contributed by atoms with E-state index < -0.39 is 0 Å². The largest absolute Gasteiger partial charge is 0.197 e. The maximum Gasteiger partial charge on any atom is 0.0194 e. The van der Waals surface area contributed by atoms with E-state index in [1.54, 1.807) is 0 Å². The summed E-state index contributed by atoms with van der Waals surface area (Å²) in [5.41, 5.74) is 0. The Labute approximate surface area is 49.7 Å². The summed E-state index contributed by atoms with van der Waals surface area (Å²) in [4.78, 5) is 0. The van der Waals surface area contributed by atoms with Crippen molar-refractivity contribution in [2.45, 2.75) is 7.40 Å². The minimum Gasteiger partial charge on any atom is -0.197 e. The molecular weight excluding hydrogens is 108 g/mol. The fourth-order valence-corrected chi connectivity index (χ4v) is 0. The molecule has 0 radical (unpaired) electrons. The summed E-state index contributed by atoms with van der Waals surface area (Å²) >= 11 is 0. The Bertz CT molecular complexity index is 6.85. The SMILES string of the molecule is S.S.S.[3H]C. The monoisotopic (exact) mass is 120 g/mol. The van der Waals surface area contributed by atoms with Gasteiger partial charge in [0.1, 0.15) is 0 Å². The van der Waals surface area contributed by atoms with Crippen molar-refractivity contribution in [2.24, 2.45) is 0 Å². The van der Waals surface area contributed by atoms with E-state index in [1.165, 1.54) is 7.40 Å². The summed E-state index contributed by atoms with van der Waals surface area (Å²) in [7, 11) is 1.25. The quantitative estimate of drug-likeness (QED) is 0.447. The van der Waals surface area contributed by atoms with E-state index >= 15 is 0 Å². The molecule has 0 rings (SSSR count). The average molecular weight is 120 g/mol. The smallest absolute Gasteiger partial charge is 0.0194 e. The first-order chi connectivity index (χ1) is 1.00. The molecule has 0 nitrogen and oxygen atoms in total. The molecule has 0 unspecified atom stereocenters. The van der Waals surface area contributed by atoms with E-state index in [4.69, 9.17) is 1.37 Å². The molecule has 3 heteroatoms. The second kappa shape index (κ2) is 34.2. The van der Waals surface area contributed by atoms with Crippen molar-refractivity contribution in [2.75, 3.05) is 0 Å². The lowest BCUT2D eigenvalue weighted by Crippen LogP contribution is 0.144. The average Bonchev–Trinajstić information content (AvgIpc) is 1.00. The van der Waals surface area contributed by atoms with Crippen LogP contribution in [-0.2, 0) is 0 Å². The van der Waals surface area contributed by atoms with Gasteiger partial charge in [0.15, 0.2) is 0 Å². The molecule has 0 atom stereocenters. The molecule has 0 heterocycles. The lowest BCUT2D eigenvalue weighted by Gasteiger charge is -0.198. The van der Waals surface area contributed by atoms with Gasteiger partial charge in [0.25, 0.3) is 0 Å². The Morgan fingerprint density at radius 1 is 1.00 bits per heavy atom. The molecule has 4 heavy (non-hydrogen) atoms. The zero-order chi connectivity index (χ0) is 2.00. The molecule has 0 aromatic rings. The van der Waals surface area contributed by atoms with Crippen LogP contribution < -0.4 is 0 Å². The highest BCUT2D eigenvalue weighted by Gasteiger charge is -0.0775. The van der Waals surface area contributed by atoms with E-state index in [0.29, 0.717) is 0 Å². The normalized spacial score (nSPS) is 1.75. The zero-order valence-electron chi connectivity index (χ0n) is 3.50. The van der Waals surface area contributed by atoms with Crippen LogP contribution in [0.5, 0.6) is 0 Å². The molecule has 32 valence electrons. The molecule has 0 aliphatic rings. The van der Waals surface area contributed by atoms with E-state index in [0.717, 1.165) is 0 Å². The Balaban J connectivity index is -0.00000000167. The van der Waals surface area contributed by atoms with Crippen LogP contribution in [0.3, 0.4) is 0 Å². The van der Waals surface area contributed by atoms with Crippen LogP contribution in [0.4, 0.5) is 0 Å². The van der Waals surface area contributed by atoms with Crippen molar-refractivity contribution in [3.05, 3.63) is 0 Å². The molecular formula is CH10S3. The van der Waals surface area contributed by atoms with Crippen LogP contribution in [0.2, 0.25) is 0 Å². The second-order valence-corrected chi connectivity index (χ2v) is 0. The van der Waals surface area contributed by atoms with Crippen molar-refractivity contribution in [1.29, 1.82) is 0 Å². The molecule has 0 fully saturated rings. The van der Waals surface area contributed by atoms with Gasteiger partial charge in [-0.25, -0.2) is 0 Å². The van der Waals surface area contributed by atoms with Gasteiger partial charge in [-0.1, -0.05) is 7.40 Å². The third kappa shape index (κ3) is 11.6. The minimum atomic E-state index is 0. The first-order valence-electron chi connectivity index (χ1n) is 1.00. The van der Waals surface area contributed by atoms with E-state index in [-0.39, 0.29) is 40.5 Å². The highest BCUT2D eigenvalue weighted by molar-refractivity contribution is 7.59. The van der Waals surface area contributed by atoms with Gasteiger partial charge in [0.2, 0.25) is 0 Å². The van der Waals surface area contributed by atoms with Gasteiger partial charge in [-0.05, 0) is 0 Å². The Kier molecular flexibility index (Phi) is 168. The van der Waals surface area contributed by atoms with Crippen LogP contribution in [0.1, 0.15) is 8.77 Å². The number of rotatable bonds is 0. The lowest BCUT2D eigenvalue weighted by molar-refractivity contribution is 2.50. The summed E-state index contributed by atoms with van der Waals surface area (Å²) in [6.45, 7) is 0. The summed E-state index contributed by atoms with van der Waals surface area (Å²) in [5, 5.41) is 0. The number of hydrogen-bond donors (Lipinski definition) is 0. The first-order valence-corrected chi connectivity index (χ1v) is 0. The third-order valence-electron chi connectivity index (χ3n) is 0. The predicted molar refractivity (Wildman–Crippen MR) is 37.9 cm³/mol. The lowest BCUT2D eigenvalue weighted by atomic mass is 12.0. The van der Waals surface area contributed by atoms with Gasteiger partial charge in [-0.15, -0.1) is 0 Å². The van der Waals surface area contributed by atoms with E-state index in [1.807, 2.05) is 0 Å². The van der Waals surface area contributed by atoms with Gasteiger partial charge < -0.3 is 0 Å². The molecule has 0 bridgehead atoms. The molecule has 0 N–H and O–H groups in total. The van der Waals surface area contributed by atoms with Crippen molar-refractivity contribution in [3.63, 3.8) is 0 Å². The zero-order valence-corrected chi connectivity index (χ0v) is 5.50. The molecule has 0 spiro atoms. The standard InChI is InChI=1S/CH4.3H2S/h1H4;3*1H2/i1T;;;. The minimum absolute atomic E-state index is 0. The Hall–Kier alpha value is 1.05. The molecule has 0 aliphatic heterocycles. The van der Waals surface area contributed by atoms with Crippen molar-refractivity contribution < 1.29 is 1.37 Å². The van der Waals surface area contributed by atoms with Gasteiger partial charge in [0, 0.05) is 1.37 Å². The van der Waals surface area contributed by atoms with Crippen LogP contribution in [0.15, 0.2) is 0 Å². The fraction of sp³-hybridized carbons (Fsp3) is 1.00. The topological polar surface area (TPSA) is 0 Å². The molecule has 0 aromatic heterocycles. The Morgan fingerprint density at radius 2 is 1.00 bits per heavy atom. The summed E-state index contributed by atoms with van der Waals surface area (Å²) in [6.07, 6.45) is 0. The first kappa shape index (κ1) is 19.7. The van der Waals surface area contributed by atoms with Crippen molar-refractivity contribution in [1.82, 2.24) is 0 Å². The van der Waals surface area contributed by atoms with Crippen LogP contribution in [-0.4, -0.2) is 0 Å². The maximum atomic E-state index is 5.75. The van der Waals surface area contributed by atoms with Crippen LogP contribution in [0, 0.1) is 0 Å². The van der Waals surface area contributed by atoms with Gasteiger partial charge in [-0.3, -0.25) is 0 Å². The molecule has 0 amide bonds. The molecule has 0 saturated carbocycles. The molecule has 0 aliphatic carbocycles. The highest BCUT2D eigenvalue weighted by Crippen LogP contribution is 0.650. The van der Waals surface area contributed by atoms with Crippen molar-refractivity contribution >= 4 is 40.5 Å². The summed E-state index contributed by atoms with van der Waals surface area (Å²) in [5.74, 6) is 0. The Morgan fingerprint density at radius 3 is 1.00 bits per heavy atom. The van der Waals surface area contributed by atoms with Gasteiger partial charge in [0.05, 0.1) is 0 Å². The molecule has 0 saturated heterocycles. The fourth-order valence-electron chi connectivity index (χ4n) is 0. The summed E-state index contributed by atoms with van der Waals surface area (Å²) < 4.78 is 5.75. The van der Waals surface area contributed by atoms with E-state index in [2.05, 4.69) is 0 Å². The maximum absolute atomic E-state index is 5.75. The summed E-state index contributed by atoms with van der Waals surface area (Å²) in [6, 6.07) is 0. The predicted octanol–water partition coefficient (Wildman–Crippen LogP) is 0.974. The van der Waals surface area contributed by atoms with Gasteiger partial charge >= 0.3 is 0 Å². The van der Waals surface area contributed by atoms with Crippen LogP contribution >= 0.6 is 40.5 Å². The highest BCUT2D eigenvalue weighted by atomic mass is 32.1. The van der Waals surface area contributed by atoms with E-state index in [9.17, 15) is 0 Å².